The fourth-order valence-corrected chi connectivity index (χ4v) is 3.85. The highest BCUT2D eigenvalue weighted by Crippen LogP contribution is 2.30. The Balaban J connectivity index is 1.43. The summed E-state index contributed by atoms with van der Waals surface area (Å²) in [6.45, 7) is 3.76. The Hall–Kier alpha value is -3.28. The highest BCUT2D eigenvalue weighted by Gasteiger charge is 2.30. The Kier molecular flexibility index (Phi) is 7.20. The number of hydrogen-bond acceptors (Lipinski definition) is 4. The van der Waals surface area contributed by atoms with Crippen molar-refractivity contribution < 1.29 is 27.1 Å². The molecule has 0 aliphatic rings. The molecule has 0 fully saturated rings. The van der Waals surface area contributed by atoms with Gasteiger partial charge in [-0.1, -0.05) is 12.1 Å². The Bertz CT molecular complexity index is 1340. The number of halogens is 4. The highest BCUT2D eigenvalue weighted by atomic mass is 127. The molecule has 0 aliphatic carbocycles. The van der Waals surface area contributed by atoms with Crippen molar-refractivity contribution in [3.05, 3.63) is 98.3 Å². The summed E-state index contributed by atoms with van der Waals surface area (Å²) < 4.78 is 53.0. The van der Waals surface area contributed by atoms with Crippen molar-refractivity contribution in [1.29, 1.82) is 0 Å². The minimum Gasteiger partial charge on any atom is -0.486 e. The summed E-state index contributed by atoms with van der Waals surface area (Å²) in [4.78, 5) is 12.8. The maximum absolute atomic E-state index is 13.0. The van der Waals surface area contributed by atoms with Crippen molar-refractivity contribution in [3.8, 4) is 5.75 Å². The largest absolute Gasteiger partial charge is 0.486 e. The van der Waals surface area contributed by atoms with Gasteiger partial charge in [-0.3, -0.25) is 9.48 Å². The lowest BCUT2D eigenvalue weighted by Gasteiger charge is -2.10. The van der Waals surface area contributed by atoms with Gasteiger partial charge in [-0.05, 0) is 90.5 Å². The van der Waals surface area contributed by atoms with Crippen LogP contribution in [0.5, 0.6) is 5.75 Å². The third-order valence-corrected chi connectivity index (χ3v) is 6.01. The van der Waals surface area contributed by atoms with Crippen LogP contribution in [0.3, 0.4) is 0 Å². The van der Waals surface area contributed by atoms with Crippen molar-refractivity contribution in [2.75, 3.05) is 5.32 Å². The first kappa shape index (κ1) is 24.8. The van der Waals surface area contributed by atoms with Gasteiger partial charge >= 0.3 is 6.18 Å². The van der Waals surface area contributed by atoms with Crippen LogP contribution in [0, 0.1) is 17.4 Å². The smallest absolute Gasteiger partial charge is 0.416 e. The van der Waals surface area contributed by atoms with E-state index in [0.29, 0.717) is 34.1 Å². The molecular weight excluding hydrogens is 574 g/mol. The summed E-state index contributed by atoms with van der Waals surface area (Å²) in [5.74, 6) is 0.820. The van der Waals surface area contributed by atoms with E-state index in [9.17, 15) is 18.0 Å². The van der Waals surface area contributed by atoms with E-state index in [1.807, 2.05) is 24.3 Å². The van der Waals surface area contributed by atoms with Crippen LogP contribution in [0.2, 0.25) is 0 Å². The zero-order valence-electron chi connectivity index (χ0n) is 18.8. The summed E-state index contributed by atoms with van der Waals surface area (Å²) in [5.41, 5.74) is 1.37. The van der Waals surface area contributed by atoms with Crippen molar-refractivity contribution in [2.45, 2.75) is 33.2 Å². The van der Waals surface area contributed by atoms with E-state index in [0.717, 1.165) is 15.7 Å². The second-order valence-electron chi connectivity index (χ2n) is 7.86. The molecule has 0 spiro atoms. The molecule has 0 saturated heterocycles. The van der Waals surface area contributed by atoms with Gasteiger partial charge in [-0.2, -0.15) is 18.3 Å². The molecule has 35 heavy (non-hydrogen) atoms. The highest BCUT2D eigenvalue weighted by molar-refractivity contribution is 14.1. The van der Waals surface area contributed by atoms with Gasteiger partial charge in [-0.15, -0.1) is 0 Å². The lowest BCUT2D eigenvalue weighted by atomic mass is 10.1. The number of aromatic nitrogens is 2. The quantitative estimate of drug-likeness (QED) is 0.245. The number of hydrogen-bond donors (Lipinski definition) is 1. The van der Waals surface area contributed by atoms with Crippen LogP contribution in [-0.2, 0) is 19.3 Å². The first-order chi connectivity index (χ1) is 16.6. The molecule has 4 rings (SSSR count). The van der Waals surface area contributed by atoms with Crippen LogP contribution in [0.1, 0.15) is 38.8 Å². The first-order valence-electron chi connectivity index (χ1n) is 10.6. The maximum Gasteiger partial charge on any atom is 0.416 e. The summed E-state index contributed by atoms with van der Waals surface area (Å²) in [6.07, 6.45) is -4.42. The summed E-state index contributed by atoms with van der Waals surface area (Å²) >= 11 is 2.21. The van der Waals surface area contributed by atoms with Crippen LogP contribution < -0.4 is 10.1 Å². The molecule has 182 valence electrons. The summed E-state index contributed by atoms with van der Waals surface area (Å²) in [6, 6.07) is 15.9. The van der Waals surface area contributed by atoms with E-state index < -0.39 is 17.6 Å². The Morgan fingerprint density at radius 1 is 1.11 bits per heavy atom. The molecule has 1 N–H and O–H groups in total. The molecule has 0 aliphatic heterocycles. The van der Waals surface area contributed by atoms with Crippen molar-refractivity contribution in [3.63, 3.8) is 0 Å². The second kappa shape index (κ2) is 10.1. The van der Waals surface area contributed by atoms with Crippen LogP contribution >= 0.6 is 22.6 Å². The van der Waals surface area contributed by atoms with Gasteiger partial charge in [0.25, 0.3) is 5.91 Å². The molecule has 0 saturated carbocycles. The van der Waals surface area contributed by atoms with Crippen LogP contribution in [0.25, 0.3) is 0 Å². The summed E-state index contributed by atoms with van der Waals surface area (Å²) in [7, 11) is 0. The fraction of sp³-hybridized carbons (Fsp3) is 0.200. The molecule has 0 bridgehead atoms. The lowest BCUT2D eigenvalue weighted by Crippen LogP contribution is -2.13. The number of alkyl halides is 3. The van der Waals surface area contributed by atoms with E-state index in [2.05, 4.69) is 33.0 Å². The number of nitrogens with zero attached hydrogens (tertiary/aromatic N) is 2. The Labute approximate surface area is 213 Å². The maximum atomic E-state index is 13.0. The number of carbonyl (C=O) groups is 1. The molecule has 6 nitrogen and oxygen atoms in total. The van der Waals surface area contributed by atoms with Gasteiger partial charge < -0.3 is 14.5 Å². The monoisotopic (exact) mass is 595 g/mol. The minimum atomic E-state index is -4.42. The first-order valence-corrected chi connectivity index (χ1v) is 11.7. The van der Waals surface area contributed by atoms with Gasteiger partial charge in [0.1, 0.15) is 18.1 Å². The van der Waals surface area contributed by atoms with Gasteiger partial charge in [0.15, 0.2) is 5.76 Å². The normalized spacial score (nSPS) is 11.5. The molecule has 0 unspecified atom stereocenters. The zero-order chi connectivity index (χ0) is 25.2. The van der Waals surface area contributed by atoms with Crippen LogP contribution in [-0.4, -0.2) is 15.7 Å². The summed E-state index contributed by atoms with van der Waals surface area (Å²) in [5, 5.41) is 7.18. The molecule has 2 aromatic heterocycles. The van der Waals surface area contributed by atoms with Crippen molar-refractivity contribution in [2.24, 2.45) is 0 Å². The lowest BCUT2D eigenvalue weighted by molar-refractivity contribution is -0.137. The van der Waals surface area contributed by atoms with E-state index in [4.69, 9.17) is 9.15 Å². The van der Waals surface area contributed by atoms with Gasteiger partial charge in [0, 0.05) is 3.57 Å². The van der Waals surface area contributed by atoms with Crippen LogP contribution in [0.4, 0.5) is 18.9 Å². The number of carbonyl (C=O) groups excluding carboxylic acids is 1. The number of benzene rings is 2. The standard InChI is InChI=1S/C25H21F3IN3O3/c1-15-23(16(2)32(31-15)13-17-4-3-5-18(12-17)25(26,27)28)30-24(33)22-11-10-21(35-22)14-34-20-8-6-19(29)7-9-20/h3-12H,13-14H2,1-2H3,(H,30,33). The molecule has 4 aromatic rings. The third-order valence-electron chi connectivity index (χ3n) is 5.29. The SMILES string of the molecule is Cc1nn(Cc2cccc(C(F)(F)F)c2)c(C)c1NC(=O)c1ccc(COc2ccc(I)cc2)o1. The average molecular weight is 595 g/mol. The molecule has 10 heteroatoms. The van der Waals surface area contributed by atoms with Gasteiger partial charge in [-0.25, -0.2) is 0 Å². The van der Waals surface area contributed by atoms with E-state index in [-0.39, 0.29) is 18.9 Å². The number of anilines is 1. The van der Waals surface area contributed by atoms with E-state index in [1.165, 1.54) is 6.07 Å². The molecule has 2 aromatic carbocycles. The van der Waals surface area contributed by atoms with E-state index >= 15 is 0 Å². The van der Waals surface area contributed by atoms with E-state index in [1.54, 1.807) is 36.7 Å². The molecule has 1 amide bonds. The molecule has 0 radical (unpaired) electrons. The van der Waals surface area contributed by atoms with Gasteiger partial charge in [0.05, 0.1) is 29.2 Å². The number of amides is 1. The van der Waals surface area contributed by atoms with Crippen molar-refractivity contribution in [1.82, 2.24) is 9.78 Å². The number of ether oxygens (including phenoxy) is 1. The number of nitrogens with one attached hydrogen (secondary N) is 1. The zero-order valence-corrected chi connectivity index (χ0v) is 21.0. The Morgan fingerprint density at radius 2 is 1.86 bits per heavy atom. The fourth-order valence-electron chi connectivity index (χ4n) is 3.49. The number of furan rings is 1. The molecule has 2 heterocycles. The number of rotatable bonds is 7. The van der Waals surface area contributed by atoms with Crippen LogP contribution in [0.15, 0.2) is 65.1 Å². The number of aryl methyl sites for hydroxylation is 1. The third kappa shape index (κ3) is 6.05. The predicted molar refractivity (Wildman–Crippen MR) is 132 cm³/mol. The topological polar surface area (TPSA) is 69.3 Å². The van der Waals surface area contributed by atoms with Crippen molar-refractivity contribution >= 4 is 34.2 Å². The average Bonchev–Trinajstić information content (AvgIpc) is 3.39. The minimum absolute atomic E-state index is 0.107. The Morgan fingerprint density at radius 3 is 2.57 bits per heavy atom. The van der Waals surface area contributed by atoms with Gasteiger partial charge in [0.2, 0.25) is 0 Å². The molecule has 0 atom stereocenters. The molecular formula is C25H21F3IN3O3. The second-order valence-corrected chi connectivity index (χ2v) is 9.11. The predicted octanol–water partition coefficient (Wildman–Crippen LogP) is 6.60.